The Bertz CT molecular complexity index is 527. The molecule has 1 aromatic carbocycles. The number of piperidine rings is 1. The lowest BCUT2D eigenvalue weighted by Gasteiger charge is -2.35. The van der Waals surface area contributed by atoms with Crippen LogP contribution in [0.5, 0.6) is 0 Å². The van der Waals surface area contributed by atoms with Crippen molar-refractivity contribution in [2.45, 2.75) is 37.6 Å². The van der Waals surface area contributed by atoms with E-state index in [2.05, 4.69) is 12.3 Å². The number of hydrogen-bond acceptors (Lipinski definition) is 4. The van der Waals surface area contributed by atoms with Gasteiger partial charge in [0.25, 0.3) is 0 Å². The average Bonchev–Trinajstić information content (AvgIpc) is 2.41. The smallest absolute Gasteiger partial charge is 0.243 e. The predicted octanol–water partition coefficient (Wildman–Crippen LogP) is 1.78. The Labute approximate surface area is 114 Å². The number of nitrogens with one attached hydrogen (secondary N) is 1. The minimum Gasteiger partial charge on any atom is -0.324 e. The maximum Gasteiger partial charge on any atom is 0.243 e. The highest BCUT2D eigenvalue weighted by molar-refractivity contribution is 7.89. The van der Waals surface area contributed by atoms with Crippen molar-refractivity contribution in [3.05, 3.63) is 24.3 Å². The first-order valence-electron chi connectivity index (χ1n) is 6.53. The van der Waals surface area contributed by atoms with Crippen LogP contribution in [-0.4, -0.2) is 25.3 Å². The molecule has 1 aliphatic rings. The topological polar surface area (TPSA) is 75.4 Å². The number of anilines is 1. The van der Waals surface area contributed by atoms with E-state index in [4.69, 9.17) is 5.84 Å². The molecule has 2 rings (SSSR count). The van der Waals surface area contributed by atoms with E-state index in [-0.39, 0.29) is 6.04 Å². The molecule has 2 atom stereocenters. The Balaban J connectivity index is 2.29. The number of nitrogens with zero attached hydrogens (tertiary/aromatic N) is 1. The van der Waals surface area contributed by atoms with E-state index >= 15 is 0 Å². The normalized spacial score (nSPS) is 25.2. The number of nitrogens with two attached hydrogens (primary N) is 1. The monoisotopic (exact) mass is 283 g/mol. The summed E-state index contributed by atoms with van der Waals surface area (Å²) >= 11 is 0. The minimum absolute atomic E-state index is 0.0634. The highest BCUT2D eigenvalue weighted by Gasteiger charge is 2.33. The summed E-state index contributed by atoms with van der Waals surface area (Å²) in [5, 5.41) is 0. The standard InChI is InChI=1S/C13H21N3O2S/c1-10-3-4-11(2)16(9-10)19(17,18)13-7-5-12(15-14)6-8-13/h5-8,10-11,15H,3-4,9,14H2,1-2H3. The molecule has 1 aromatic rings. The van der Waals surface area contributed by atoms with Gasteiger partial charge in [-0.1, -0.05) is 6.92 Å². The first-order valence-corrected chi connectivity index (χ1v) is 7.97. The molecule has 1 aliphatic heterocycles. The number of benzene rings is 1. The molecule has 0 amide bonds. The van der Waals surface area contributed by atoms with Crippen LogP contribution in [0.1, 0.15) is 26.7 Å². The molecule has 1 fully saturated rings. The lowest BCUT2D eigenvalue weighted by molar-refractivity contribution is 0.218. The molecule has 106 valence electrons. The number of hydrogen-bond donors (Lipinski definition) is 2. The van der Waals surface area contributed by atoms with Gasteiger partial charge in [-0.05, 0) is 49.9 Å². The zero-order valence-corrected chi connectivity index (χ0v) is 12.2. The third kappa shape index (κ3) is 2.91. The van der Waals surface area contributed by atoms with E-state index in [0.717, 1.165) is 12.8 Å². The molecular weight excluding hydrogens is 262 g/mol. The van der Waals surface area contributed by atoms with E-state index < -0.39 is 10.0 Å². The average molecular weight is 283 g/mol. The van der Waals surface area contributed by atoms with Crippen LogP contribution in [0, 0.1) is 5.92 Å². The maximum atomic E-state index is 12.6. The van der Waals surface area contributed by atoms with Crippen molar-refractivity contribution in [2.24, 2.45) is 11.8 Å². The van der Waals surface area contributed by atoms with Crippen LogP contribution < -0.4 is 11.3 Å². The van der Waals surface area contributed by atoms with Crippen molar-refractivity contribution in [3.63, 3.8) is 0 Å². The van der Waals surface area contributed by atoms with Crippen molar-refractivity contribution in [3.8, 4) is 0 Å². The molecule has 2 unspecified atom stereocenters. The van der Waals surface area contributed by atoms with Gasteiger partial charge in [0.15, 0.2) is 0 Å². The molecule has 6 heteroatoms. The van der Waals surface area contributed by atoms with Crippen molar-refractivity contribution in [1.29, 1.82) is 0 Å². The van der Waals surface area contributed by atoms with Gasteiger partial charge in [0, 0.05) is 18.3 Å². The third-order valence-electron chi connectivity index (χ3n) is 3.69. The Morgan fingerprint density at radius 1 is 1.21 bits per heavy atom. The fraction of sp³-hybridized carbons (Fsp3) is 0.538. The van der Waals surface area contributed by atoms with Gasteiger partial charge in [0.05, 0.1) is 4.90 Å². The second-order valence-electron chi connectivity index (χ2n) is 5.27. The number of hydrazine groups is 1. The first kappa shape index (κ1) is 14.3. The van der Waals surface area contributed by atoms with Gasteiger partial charge >= 0.3 is 0 Å². The fourth-order valence-electron chi connectivity index (χ4n) is 2.44. The first-order chi connectivity index (χ1) is 8.95. The Morgan fingerprint density at radius 2 is 1.84 bits per heavy atom. The van der Waals surface area contributed by atoms with Crippen LogP contribution in [-0.2, 0) is 10.0 Å². The van der Waals surface area contributed by atoms with E-state index in [1.54, 1.807) is 28.6 Å². The Kier molecular flexibility index (Phi) is 4.13. The molecule has 5 nitrogen and oxygen atoms in total. The van der Waals surface area contributed by atoms with E-state index in [0.29, 0.717) is 23.0 Å². The molecule has 0 saturated carbocycles. The van der Waals surface area contributed by atoms with Crippen LogP contribution in [0.15, 0.2) is 29.2 Å². The summed E-state index contributed by atoms with van der Waals surface area (Å²) in [5.41, 5.74) is 3.19. The minimum atomic E-state index is -3.40. The summed E-state index contributed by atoms with van der Waals surface area (Å²) < 4.78 is 26.9. The molecule has 3 N–H and O–H groups in total. The van der Waals surface area contributed by atoms with E-state index in [9.17, 15) is 8.42 Å². The van der Waals surface area contributed by atoms with E-state index in [1.807, 2.05) is 6.92 Å². The summed E-state index contributed by atoms with van der Waals surface area (Å²) in [6, 6.07) is 6.59. The molecule has 0 radical (unpaired) electrons. The van der Waals surface area contributed by atoms with Gasteiger partial charge < -0.3 is 5.43 Å². The number of rotatable bonds is 3. The van der Waals surface area contributed by atoms with Gasteiger partial charge in [0.1, 0.15) is 0 Å². The molecule has 19 heavy (non-hydrogen) atoms. The molecule has 0 aromatic heterocycles. The molecule has 0 bridgehead atoms. The highest BCUT2D eigenvalue weighted by Crippen LogP contribution is 2.28. The van der Waals surface area contributed by atoms with Gasteiger partial charge in [-0.3, -0.25) is 5.84 Å². The second kappa shape index (κ2) is 5.48. The SMILES string of the molecule is CC1CCC(C)N(S(=O)(=O)c2ccc(NN)cc2)C1. The Morgan fingerprint density at radius 3 is 2.42 bits per heavy atom. The summed E-state index contributed by atoms with van der Waals surface area (Å²) in [6.45, 7) is 4.66. The van der Waals surface area contributed by atoms with Crippen LogP contribution in [0.2, 0.25) is 0 Å². The van der Waals surface area contributed by atoms with Gasteiger partial charge in [-0.2, -0.15) is 4.31 Å². The molecule has 1 heterocycles. The molecule has 0 aliphatic carbocycles. The lowest BCUT2D eigenvalue weighted by Crippen LogP contribution is -2.44. The van der Waals surface area contributed by atoms with Crippen molar-refractivity contribution < 1.29 is 8.42 Å². The van der Waals surface area contributed by atoms with Crippen molar-refractivity contribution >= 4 is 15.7 Å². The maximum absolute atomic E-state index is 12.6. The van der Waals surface area contributed by atoms with Crippen molar-refractivity contribution in [2.75, 3.05) is 12.0 Å². The third-order valence-corrected chi connectivity index (χ3v) is 5.68. The highest BCUT2D eigenvalue weighted by atomic mass is 32.2. The fourth-order valence-corrected chi connectivity index (χ4v) is 4.22. The van der Waals surface area contributed by atoms with Crippen LogP contribution in [0.3, 0.4) is 0 Å². The summed E-state index contributed by atoms with van der Waals surface area (Å²) in [6.07, 6.45) is 2.01. The van der Waals surface area contributed by atoms with Crippen molar-refractivity contribution in [1.82, 2.24) is 4.31 Å². The van der Waals surface area contributed by atoms with Crippen LogP contribution in [0.4, 0.5) is 5.69 Å². The zero-order valence-electron chi connectivity index (χ0n) is 11.3. The van der Waals surface area contributed by atoms with Gasteiger partial charge in [-0.15, -0.1) is 0 Å². The molecule has 0 spiro atoms. The summed E-state index contributed by atoms with van der Waals surface area (Å²) in [5.74, 6) is 5.70. The molecule has 1 saturated heterocycles. The number of sulfonamides is 1. The quantitative estimate of drug-likeness (QED) is 0.655. The van der Waals surface area contributed by atoms with E-state index in [1.165, 1.54) is 0 Å². The Hall–Kier alpha value is -1.11. The predicted molar refractivity (Wildman–Crippen MR) is 76.0 cm³/mol. The zero-order chi connectivity index (χ0) is 14.0. The number of nitrogen functional groups attached to an aromatic ring is 1. The summed E-state index contributed by atoms with van der Waals surface area (Å²) in [4.78, 5) is 0.326. The van der Waals surface area contributed by atoms with Gasteiger partial charge in [0.2, 0.25) is 10.0 Å². The van der Waals surface area contributed by atoms with Crippen LogP contribution in [0.25, 0.3) is 0 Å². The van der Waals surface area contributed by atoms with Crippen LogP contribution >= 0.6 is 0 Å². The second-order valence-corrected chi connectivity index (χ2v) is 7.17. The lowest BCUT2D eigenvalue weighted by atomic mass is 9.97. The largest absolute Gasteiger partial charge is 0.324 e. The molecular formula is C13H21N3O2S. The summed E-state index contributed by atoms with van der Waals surface area (Å²) in [7, 11) is -3.40. The van der Waals surface area contributed by atoms with Gasteiger partial charge in [-0.25, -0.2) is 8.42 Å².